The molecule has 2 rings (SSSR count). The molecule has 0 aliphatic rings. The molecule has 2 aromatic carbocycles. The Morgan fingerprint density at radius 1 is 1.10 bits per heavy atom. The molecule has 3 nitrogen and oxygen atoms in total. The van der Waals surface area contributed by atoms with Crippen LogP contribution in [0.1, 0.15) is 24.1 Å². The lowest BCUT2D eigenvalue weighted by Crippen LogP contribution is -2.27. The highest BCUT2D eigenvalue weighted by Crippen LogP contribution is 2.21. The van der Waals surface area contributed by atoms with Crippen molar-refractivity contribution in [3.05, 3.63) is 64.7 Å². The van der Waals surface area contributed by atoms with Crippen LogP contribution >= 0.6 is 11.6 Å². The molecule has 1 N–H and O–H groups in total. The van der Waals surface area contributed by atoms with E-state index in [0.29, 0.717) is 9.92 Å². The van der Waals surface area contributed by atoms with E-state index in [0.717, 1.165) is 11.1 Å². The second-order valence-electron chi connectivity index (χ2n) is 4.66. The summed E-state index contributed by atoms with van der Waals surface area (Å²) in [7, 11) is -3.54. The zero-order chi connectivity index (χ0) is 14.8. The summed E-state index contributed by atoms with van der Waals surface area (Å²) in [6, 6.07) is 13.7. The molecule has 106 valence electrons. The summed E-state index contributed by atoms with van der Waals surface area (Å²) in [5, 5.41) is 0.587. The number of benzene rings is 2. The van der Waals surface area contributed by atoms with Gasteiger partial charge in [-0.1, -0.05) is 41.9 Å². The van der Waals surface area contributed by atoms with E-state index in [4.69, 9.17) is 11.6 Å². The minimum Gasteiger partial charge on any atom is -0.207 e. The number of hydrogen-bond acceptors (Lipinski definition) is 2. The van der Waals surface area contributed by atoms with Crippen molar-refractivity contribution in [1.29, 1.82) is 0 Å². The van der Waals surface area contributed by atoms with Crippen LogP contribution in [0.3, 0.4) is 0 Å². The van der Waals surface area contributed by atoms with Crippen molar-refractivity contribution >= 4 is 21.6 Å². The SMILES string of the molecule is Cc1ccccc1S(=O)(=O)NC(C)c1cccc(Cl)c1. The van der Waals surface area contributed by atoms with Crippen LogP contribution in [0, 0.1) is 6.92 Å². The van der Waals surface area contributed by atoms with Crippen molar-refractivity contribution in [2.75, 3.05) is 0 Å². The Hall–Kier alpha value is -1.36. The van der Waals surface area contributed by atoms with Crippen molar-refractivity contribution in [3.8, 4) is 0 Å². The van der Waals surface area contributed by atoms with E-state index in [2.05, 4.69) is 4.72 Å². The van der Waals surface area contributed by atoms with Crippen molar-refractivity contribution in [2.24, 2.45) is 0 Å². The Balaban J connectivity index is 2.27. The van der Waals surface area contributed by atoms with E-state index in [-0.39, 0.29) is 6.04 Å². The highest BCUT2D eigenvalue weighted by atomic mass is 35.5. The number of rotatable bonds is 4. The lowest BCUT2D eigenvalue weighted by Gasteiger charge is -2.16. The van der Waals surface area contributed by atoms with Gasteiger partial charge in [0.2, 0.25) is 10.0 Å². The maximum Gasteiger partial charge on any atom is 0.241 e. The number of nitrogens with one attached hydrogen (secondary N) is 1. The molecule has 0 saturated carbocycles. The Kier molecular flexibility index (Phi) is 4.48. The van der Waals surface area contributed by atoms with E-state index >= 15 is 0 Å². The minimum absolute atomic E-state index is 0.300. The highest BCUT2D eigenvalue weighted by molar-refractivity contribution is 7.89. The van der Waals surface area contributed by atoms with Gasteiger partial charge in [0.15, 0.2) is 0 Å². The molecule has 0 saturated heterocycles. The predicted molar refractivity (Wildman–Crippen MR) is 81.4 cm³/mol. The van der Waals surface area contributed by atoms with Gasteiger partial charge in [-0.3, -0.25) is 0 Å². The summed E-state index contributed by atoms with van der Waals surface area (Å²) in [6.45, 7) is 3.57. The first-order valence-electron chi connectivity index (χ1n) is 6.23. The summed E-state index contributed by atoms with van der Waals surface area (Å²) < 4.78 is 27.4. The van der Waals surface area contributed by atoms with Gasteiger partial charge in [0.05, 0.1) is 4.90 Å². The maximum atomic E-state index is 12.4. The molecule has 1 unspecified atom stereocenters. The maximum absolute atomic E-state index is 12.4. The molecule has 20 heavy (non-hydrogen) atoms. The van der Waals surface area contributed by atoms with Crippen LogP contribution in [0.25, 0.3) is 0 Å². The Morgan fingerprint density at radius 2 is 1.80 bits per heavy atom. The van der Waals surface area contributed by atoms with Gasteiger partial charge < -0.3 is 0 Å². The van der Waals surface area contributed by atoms with Crippen LogP contribution in [0.4, 0.5) is 0 Å². The molecule has 0 fully saturated rings. The second kappa shape index (κ2) is 5.95. The summed E-state index contributed by atoms with van der Waals surface area (Å²) in [6.07, 6.45) is 0. The third kappa shape index (κ3) is 3.39. The van der Waals surface area contributed by atoms with Crippen LogP contribution < -0.4 is 4.72 Å². The van der Waals surface area contributed by atoms with E-state index in [9.17, 15) is 8.42 Å². The smallest absolute Gasteiger partial charge is 0.207 e. The molecule has 0 aliphatic heterocycles. The van der Waals surface area contributed by atoms with Crippen molar-refractivity contribution in [1.82, 2.24) is 4.72 Å². The Labute approximate surface area is 124 Å². The van der Waals surface area contributed by atoms with Gasteiger partial charge >= 0.3 is 0 Å². The third-order valence-corrected chi connectivity index (χ3v) is 5.00. The van der Waals surface area contributed by atoms with Gasteiger partial charge in [0.25, 0.3) is 0 Å². The molecule has 0 bridgehead atoms. The molecule has 5 heteroatoms. The molecular weight excluding hydrogens is 294 g/mol. The summed E-state index contributed by atoms with van der Waals surface area (Å²) in [5.41, 5.74) is 1.55. The molecule has 0 spiro atoms. The van der Waals surface area contributed by atoms with Crippen molar-refractivity contribution < 1.29 is 8.42 Å². The Morgan fingerprint density at radius 3 is 2.45 bits per heavy atom. The van der Waals surface area contributed by atoms with Gasteiger partial charge in [0, 0.05) is 11.1 Å². The zero-order valence-electron chi connectivity index (χ0n) is 11.3. The van der Waals surface area contributed by atoms with E-state index < -0.39 is 10.0 Å². The van der Waals surface area contributed by atoms with Crippen molar-refractivity contribution in [3.63, 3.8) is 0 Å². The molecule has 1 atom stereocenters. The monoisotopic (exact) mass is 309 g/mol. The molecular formula is C15H16ClNO2S. The first kappa shape index (κ1) is 15.0. The van der Waals surface area contributed by atoms with Crippen LogP contribution in [-0.2, 0) is 10.0 Å². The third-order valence-electron chi connectivity index (χ3n) is 3.06. The fourth-order valence-corrected chi connectivity index (χ4v) is 3.67. The van der Waals surface area contributed by atoms with Crippen LogP contribution in [-0.4, -0.2) is 8.42 Å². The number of halogens is 1. The average Bonchev–Trinajstić information content (AvgIpc) is 2.38. The average molecular weight is 310 g/mol. The number of aryl methyl sites for hydroxylation is 1. The standard InChI is InChI=1S/C15H16ClNO2S/c1-11-6-3-4-9-15(11)20(18,19)17-12(2)13-7-5-8-14(16)10-13/h3-10,12,17H,1-2H3. The zero-order valence-corrected chi connectivity index (χ0v) is 12.9. The lowest BCUT2D eigenvalue weighted by molar-refractivity contribution is 0.566. The van der Waals surface area contributed by atoms with Crippen molar-refractivity contribution in [2.45, 2.75) is 24.8 Å². The van der Waals surface area contributed by atoms with Gasteiger partial charge in [-0.15, -0.1) is 0 Å². The predicted octanol–water partition coefficient (Wildman–Crippen LogP) is 3.69. The summed E-state index contributed by atoms with van der Waals surface area (Å²) in [4.78, 5) is 0.300. The first-order valence-corrected chi connectivity index (χ1v) is 8.10. The fraction of sp³-hybridized carbons (Fsp3) is 0.200. The van der Waals surface area contributed by atoms with Gasteiger partial charge in [0.1, 0.15) is 0 Å². The molecule has 0 amide bonds. The van der Waals surface area contributed by atoms with E-state index in [1.54, 1.807) is 50.2 Å². The second-order valence-corrected chi connectivity index (χ2v) is 6.78. The first-order chi connectivity index (χ1) is 9.40. The summed E-state index contributed by atoms with van der Waals surface area (Å²) in [5.74, 6) is 0. The number of sulfonamides is 1. The molecule has 2 aromatic rings. The highest BCUT2D eigenvalue weighted by Gasteiger charge is 2.19. The van der Waals surface area contributed by atoms with Crippen LogP contribution in [0.2, 0.25) is 5.02 Å². The molecule has 0 aliphatic carbocycles. The topological polar surface area (TPSA) is 46.2 Å². The van der Waals surface area contributed by atoms with Gasteiger partial charge in [-0.25, -0.2) is 13.1 Å². The fourth-order valence-electron chi connectivity index (χ4n) is 2.00. The minimum atomic E-state index is -3.54. The molecule has 0 heterocycles. The molecule has 0 aromatic heterocycles. The van der Waals surface area contributed by atoms with Gasteiger partial charge in [-0.05, 0) is 43.2 Å². The van der Waals surface area contributed by atoms with Crippen LogP contribution in [0.15, 0.2) is 53.4 Å². The van der Waals surface area contributed by atoms with E-state index in [1.807, 2.05) is 12.1 Å². The molecule has 0 radical (unpaired) electrons. The largest absolute Gasteiger partial charge is 0.241 e. The van der Waals surface area contributed by atoms with Gasteiger partial charge in [-0.2, -0.15) is 0 Å². The number of hydrogen-bond donors (Lipinski definition) is 1. The quantitative estimate of drug-likeness (QED) is 0.936. The lowest BCUT2D eigenvalue weighted by atomic mass is 10.1. The Bertz CT molecular complexity index is 713. The normalized spacial score (nSPS) is 13.2. The van der Waals surface area contributed by atoms with E-state index in [1.165, 1.54) is 0 Å². The summed E-state index contributed by atoms with van der Waals surface area (Å²) >= 11 is 5.93. The van der Waals surface area contributed by atoms with Crippen LogP contribution in [0.5, 0.6) is 0 Å².